The van der Waals surface area contributed by atoms with Crippen molar-refractivity contribution in [3.8, 4) is 0 Å². The van der Waals surface area contributed by atoms with Crippen LogP contribution in [0.3, 0.4) is 0 Å². The molecule has 1 atom stereocenters. The van der Waals surface area contributed by atoms with Crippen molar-refractivity contribution < 1.29 is 23.1 Å². The van der Waals surface area contributed by atoms with Gasteiger partial charge in [0.25, 0.3) is 0 Å². The predicted octanol–water partition coefficient (Wildman–Crippen LogP) is -0.622. The average molecular weight is 249 g/mol. The molecule has 1 unspecified atom stereocenters. The molecule has 2 saturated heterocycles. The zero-order valence-electron chi connectivity index (χ0n) is 8.89. The summed E-state index contributed by atoms with van der Waals surface area (Å²) in [4.78, 5) is 12.8. The summed E-state index contributed by atoms with van der Waals surface area (Å²) in [6.07, 6.45) is 0.591. The third-order valence-electron chi connectivity index (χ3n) is 2.98. The van der Waals surface area contributed by atoms with Crippen LogP contribution in [0.2, 0.25) is 0 Å². The van der Waals surface area contributed by atoms with Crippen LogP contribution in [0.4, 0.5) is 4.79 Å². The Morgan fingerprint density at radius 2 is 2.25 bits per heavy atom. The number of ether oxygens (including phenoxy) is 1. The highest BCUT2D eigenvalue weighted by Crippen LogP contribution is 2.32. The highest BCUT2D eigenvalue weighted by atomic mass is 32.2. The number of carbonyl (C=O) groups is 1. The highest BCUT2D eigenvalue weighted by molar-refractivity contribution is 7.91. The van der Waals surface area contributed by atoms with Crippen molar-refractivity contribution in [1.29, 1.82) is 0 Å². The van der Waals surface area contributed by atoms with Crippen molar-refractivity contribution in [2.75, 3.05) is 31.2 Å². The van der Waals surface area contributed by atoms with E-state index in [1.165, 1.54) is 4.90 Å². The highest BCUT2D eigenvalue weighted by Gasteiger charge is 2.49. The molecule has 1 amide bonds. The van der Waals surface area contributed by atoms with Gasteiger partial charge in [-0.2, -0.15) is 0 Å². The molecule has 7 heteroatoms. The van der Waals surface area contributed by atoms with E-state index in [0.29, 0.717) is 12.8 Å². The molecule has 2 aliphatic heterocycles. The molecule has 0 aromatic heterocycles. The SMILES string of the molecule is O=C1OC2(CCCS(=O)(=O)C2)CN1CCO. The summed E-state index contributed by atoms with van der Waals surface area (Å²) in [6, 6.07) is 0. The molecule has 0 aromatic carbocycles. The van der Waals surface area contributed by atoms with E-state index in [1.54, 1.807) is 0 Å². The second-order valence-electron chi connectivity index (χ2n) is 4.39. The van der Waals surface area contributed by atoms with E-state index < -0.39 is 21.5 Å². The second-order valence-corrected chi connectivity index (χ2v) is 6.58. The molecule has 0 aliphatic carbocycles. The van der Waals surface area contributed by atoms with E-state index in [2.05, 4.69) is 0 Å². The minimum Gasteiger partial charge on any atom is -0.440 e. The van der Waals surface area contributed by atoms with Crippen molar-refractivity contribution in [1.82, 2.24) is 4.90 Å². The van der Waals surface area contributed by atoms with Crippen LogP contribution in [0.5, 0.6) is 0 Å². The number of hydrogen-bond donors (Lipinski definition) is 1. The third-order valence-corrected chi connectivity index (χ3v) is 4.86. The molecule has 1 spiro atoms. The minimum absolute atomic E-state index is 0.0896. The van der Waals surface area contributed by atoms with Crippen LogP contribution in [0, 0.1) is 0 Å². The van der Waals surface area contributed by atoms with E-state index in [-0.39, 0.29) is 31.2 Å². The predicted molar refractivity (Wildman–Crippen MR) is 55.8 cm³/mol. The maximum Gasteiger partial charge on any atom is 0.410 e. The molecule has 2 heterocycles. The summed E-state index contributed by atoms with van der Waals surface area (Å²) in [7, 11) is -3.10. The van der Waals surface area contributed by atoms with Crippen LogP contribution in [-0.2, 0) is 14.6 Å². The molecule has 0 radical (unpaired) electrons. The van der Waals surface area contributed by atoms with Crippen LogP contribution in [0.25, 0.3) is 0 Å². The Kier molecular flexibility index (Phi) is 2.83. The molecule has 2 aliphatic rings. The maximum atomic E-state index is 11.5. The summed E-state index contributed by atoms with van der Waals surface area (Å²) >= 11 is 0. The number of nitrogens with zero attached hydrogens (tertiary/aromatic N) is 1. The fourth-order valence-electron chi connectivity index (χ4n) is 2.35. The van der Waals surface area contributed by atoms with Crippen molar-refractivity contribution in [2.24, 2.45) is 0 Å². The van der Waals surface area contributed by atoms with Gasteiger partial charge in [-0.15, -0.1) is 0 Å². The van der Waals surface area contributed by atoms with Gasteiger partial charge in [0.2, 0.25) is 0 Å². The zero-order chi connectivity index (χ0) is 11.8. The molecule has 92 valence electrons. The van der Waals surface area contributed by atoms with Gasteiger partial charge in [-0.1, -0.05) is 0 Å². The standard InChI is InChI=1S/C9H15NO5S/c11-4-3-10-6-9(15-8(10)12)2-1-5-16(13,14)7-9/h11H,1-7H2. The van der Waals surface area contributed by atoms with E-state index >= 15 is 0 Å². The number of sulfone groups is 1. The molecule has 2 fully saturated rings. The molecule has 1 N–H and O–H groups in total. The lowest BCUT2D eigenvalue weighted by Crippen LogP contribution is -2.45. The zero-order valence-corrected chi connectivity index (χ0v) is 9.70. The van der Waals surface area contributed by atoms with E-state index in [1.807, 2.05) is 0 Å². The summed E-state index contributed by atoms with van der Waals surface area (Å²) < 4.78 is 28.2. The van der Waals surface area contributed by atoms with Gasteiger partial charge in [0.05, 0.1) is 24.7 Å². The first kappa shape index (κ1) is 11.7. The first-order chi connectivity index (χ1) is 7.46. The average Bonchev–Trinajstić information content (AvgIpc) is 2.41. The third kappa shape index (κ3) is 2.15. The Morgan fingerprint density at radius 1 is 1.50 bits per heavy atom. The molecular formula is C9H15NO5S. The van der Waals surface area contributed by atoms with E-state index in [4.69, 9.17) is 9.84 Å². The van der Waals surface area contributed by atoms with Gasteiger partial charge in [-0.3, -0.25) is 0 Å². The van der Waals surface area contributed by atoms with E-state index in [9.17, 15) is 13.2 Å². The van der Waals surface area contributed by atoms with Crippen LogP contribution in [0.15, 0.2) is 0 Å². The largest absolute Gasteiger partial charge is 0.440 e. The summed E-state index contributed by atoms with van der Waals surface area (Å²) in [6.45, 7) is 0.324. The fraction of sp³-hybridized carbons (Fsp3) is 0.889. The Morgan fingerprint density at radius 3 is 2.88 bits per heavy atom. The van der Waals surface area contributed by atoms with Gasteiger partial charge in [0, 0.05) is 6.54 Å². The lowest BCUT2D eigenvalue weighted by molar-refractivity contribution is 0.0640. The van der Waals surface area contributed by atoms with Crippen LogP contribution >= 0.6 is 0 Å². The van der Waals surface area contributed by atoms with Gasteiger partial charge in [-0.05, 0) is 12.8 Å². The van der Waals surface area contributed by atoms with Crippen molar-refractivity contribution >= 4 is 15.9 Å². The van der Waals surface area contributed by atoms with Crippen LogP contribution < -0.4 is 0 Å². The maximum absolute atomic E-state index is 11.5. The first-order valence-corrected chi connectivity index (χ1v) is 7.08. The number of aliphatic hydroxyl groups is 1. The van der Waals surface area contributed by atoms with Gasteiger partial charge in [0.1, 0.15) is 5.60 Å². The molecule has 0 saturated carbocycles. The minimum atomic E-state index is -3.10. The quantitative estimate of drug-likeness (QED) is 0.705. The van der Waals surface area contributed by atoms with Gasteiger partial charge >= 0.3 is 6.09 Å². The molecule has 2 rings (SSSR count). The van der Waals surface area contributed by atoms with Crippen molar-refractivity contribution in [3.63, 3.8) is 0 Å². The number of β-amino-alcohol motifs (C(OH)–C–C–N with tert-alkyl or cyclic N) is 1. The number of carbonyl (C=O) groups excluding carboxylic acids is 1. The Labute approximate surface area is 94.1 Å². The monoisotopic (exact) mass is 249 g/mol. The Hall–Kier alpha value is -0.820. The lowest BCUT2D eigenvalue weighted by Gasteiger charge is -2.30. The smallest absolute Gasteiger partial charge is 0.410 e. The number of aliphatic hydroxyl groups excluding tert-OH is 1. The summed E-state index contributed by atoms with van der Waals surface area (Å²) in [5.41, 5.74) is -0.872. The van der Waals surface area contributed by atoms with Crippen LogP contribution in [0.1, 0.15) is 12.8 Å². The van der Waals surface area contributed by atoms with Crippen LogP contribution in [-0.4, -0.2) is 61.3 Å². The lowest BCUT2D eigenvalue weighted by atomic mass is 10.00. The number of amides is 1. The summed E-state index contributed by atoms with van der Waals surface area (Å²) in [5.74, 6) is 0.0833. The van der Waals surface area contributed by atoms with E-state index in [0.717, 1.165) is 0 Å². The fourth-order valence-corrected chi connectivity index (χ4v) is 4.17. The Bertz CT molecular complexity index is 393. The molecule has 6 nitrogen and oxygen atoms in total. The molecular weight excluding hydrogens is 234 g/mol. The number of rotatable bonds is 2. The second kappa shape index (κ2) is 3.89. The normalized spacial score (nSPS) is 33.1. The molecule has 0 aromatic rings. The van der Waals surface area contributed by atoms with Crippen molar-refractivity contribution in [2.45, 2.75) is 18.4 Å². The van der Waals surface area contributed by atoms with Crippen molar-refractivity contribution in [3.05, 3.63) is 0 Å². The topological polar surface area (TPSA) is 83.9 Å². The molecule has 16 heavy (non-hydrogen) atoms. The van der Waals surface area contributed by atoms with Gasteiger partial charge < -0.3 is 14.7 Å². The van der Waals surface area contributed by atoms with Gasteiger partial charge in [-0.25, -0.2) is 13.2 Å². The molecule has 0 bridgehead atoms. The van der Waals surface area contributed by atoms with Gasteiger partial charge in [0.15, 0.2) is 9.84 Å². The Balaban J connectivity index is 2.13. The summed E-state index contributed by atoms with van der Waals surface area (Å²) in [5, 5.41) is 8.77. The first-order valence-electron chi connectivity index (χ1n) is 5.26. The number of hydrogen-bond acceptors (Lipinski definition) is 5.